The van der Waals surface area contributed by atoms with Gasteiger partial charge in [-0.2, -0.15) is 13.2 Å². The van der Waals surface area contributed by atoms with E-state index < -0.39 is 11.7 Å². The van der Waals surface area contributed by atoms with Gasteiger partial charge < -0.3 is 15.6 Å². The molecule has 0 aliphatic rings. The molecule has 0 bridgehead atoms. The monoisotopic (exact) mass is 297 g/mol. The molecule has 0 atom stereocenters. The third kappa shape index (κ3) is 3.66. The summed E-state index contributed by atoms with van der Waals surface area (Å²) in [6.45, 7) is -0.504. The van der Waals surface area contributed by atoms with Crippen LogP contribution in [0, 0.1) is 0 Å². The number of nitrogens with two attached hydrogens (primary N) is 1. The van der Waals surface area contributed by atoms with Crippen LogP contribution in [-0.4, -0.2) is 5.11 Å². The van der Waals surface area contributed by atoms with E-state index in [-0.39, 0.29) is 24.5 Å². The lowest BCUT2D eigenvalue weighted by molar-refractivity contribution is -0.138. The molecule has 0 aliphatic carbocycles. The van der Waals surface area contributed by atoms with Crippen LogP contribution in [0.3, 0.4) is 0 Å². The smallest absolute Gasteiger partial charge is 0.416 e. The molecule has 0 saturated heterocycles. The first-order chi connectivity index (χ1) is 9.91. The Kier molecular flexibility index (Phi) is 4.37. The summed E-state index contributed by atoms with van der Waals surface area (Å²) in [5, 5.41) is 9.16. The summed E-state index contributed by atoms with van der Waals surface area (Å²) in [4.78, 5) is 0. The van der Waals surface area contributed by atoms with Crippen LogP contribution in [0.25, 0.3) is 0 Å². The van der Waals surface area contributed by atoms with E-state index >= 15 is 0 Å². The Hall–Kier alpha value is -2.21. The highest BCUT2D eigenvalue weighted by Gasteiger charge is 2.33. The Morgan fingerprint density at radius 2 is 1.76 bits per heavy atom. The molecule has 0 amide bonds. The van der Waals surface area contributed by atoms with Gasteiger partial charge >= 0.3 is 6.18 Å². The fraction of sp³-hybridized carbons (Fsp3) is 0.200. The summed E-state index contributed by atoms with van der Waals surface area (Å²) >= 11 is 0. The number of ether oxygens (including phenoxy) is 1. The molecule has 21 heavy (non-hydrogen) atoms. The van der Waals surface area contributed by atoms with E-state index in [0.717, 1.165) is 6.07 Å². The minimum absolute atomic E-state index is 0.00978. The van der Waals surface area contributed by atoms with Crippen molar-refractivity contribution in [2.75, 3.05) is 5.73 Å². The quantitative estimate of drug-likeness (QED) is 0.851. The lowest BCUT2D eigenvalue weighted by Gasteiger charge is -2.15. The fourth-order valence-corrected chi connectivity index (χ4v) is 1.91. The molecular weight excluding hydrogens is 283 g/mol. The van der Waals surface area contributed by atoms with Gasteiger partial charge in [0.2, 0.25) is 0 Å². The summed E-state index contributed by atoms with van der Waals surface area (Å²) in [5.41, 5.74) is 5.14. The molecule has 0 radical (unpaired) electrons. The van der Waals surface area contributed by atoms with Crippen LogP contribution < -0.4 is 10.5 Å². The number of nitrogen functional groups attached to an aromatic ring is 1. The molecule has 3 N–H and O–H groups in total. The van der Waals surface area contributed by atoms with E-state index in [1.165, 1.54) is 12.1 Å². The van der Waals surface area contributed by atoms with Gasteiger partial charge in [0, 0.05) is 16.8 Å². The maximum absolute atomic E-state index is 12.9. The number of hydrogen-bond donors (Lipinski definition) is 2. The largest absolute Gasteiger partial charge is 0.489 e. The van der Waals surface area contributed by atoms with Crippen molar-refractivity contribution in [1.29, 1.82) is 0 Å². The van der Waals surface area contributed by atoms with Crippen molar-refractivity contribution >= 4 is 5.69 Å². The zero-order chi connectivity index (χ0) is 15.5. The number of hydrogen-bond acceptors (Lipinski definition) is 3. The molecule has 3 nitrogen and oxygen atoms in total. The van der Waals surface area contributed by atoms with Gasteiger partial charge in [0.25, 0.3) is 0 Å². The summed E-state index contributed by atoms with van der Waals surface area (Å²) in [6, 6.07) is 10.2. The van der Waals surface area contributed by atoms with Gasteiger partial charge in [-0.25, -0.2) is 0 Å². The fourth-order valence-electron chi connectivity index (χ4n) is 1.91. The van der Waals surface area contributed by atoms with Gasteiger partial charge in [0.05, 0.1) is 12.2 Å². The van der Waals surface area contributed by atoms with Crippen molar-refractivity contribution in [3.63, 3.8) is 0 Å². The Labute approximate surface area is 119 Å². The highest BCUT2D eigenvalue weighted by atomic mass is 19.4. The normalized spacial score (nSPS) is 11.4. The van der Waals surface area contributed by atoms with Gasteiger partial charge in [-0.15, -0.1) is 0 Å². The number of para-hydroxylation sites is 1. The summed E-state index contributed by atoms with van der Waals surface area (Å²) in [5.74, 6) is 0.352. The van der Waals surface area contributed by atoms with Crippen LogP contribution in [0.1, 0.15) is 16.7 Å². The third-order valence-corrected chi connectivity index (χ3v) is 2.97. The van der Waals surface area contributed by atoms with Gasteiger partial charge in [-0.1, -0.05) is 24.3 Å². The Balaban J connectivity index is 2.24. The Morgan fingerprint density at radius 1 is 1.05 bits per heavy atom. The van der Waals surface area contributed by atoms with Crippen LogP contribution in [-0.2, 0) is 19.4 Å². The average molecular weight is 297 g/mol. The first-order valence-electron chi connectivity index (χ1n) is 6.19. The highest BCUT2D eigenvalue weighted by molar-refractivity contribution is 5.46. The lowest BCUT2D eigenvalue weighted by Crippen LogP contribution is -2.12. The summed E-state index contributed by atoms with van der Waals surface area (Å²) in [7, 11) is 0. The van der Waals surface area contributed by atoms with Crippen molar-refractivity contribution < 1.29 is 23.0 Å². The number of anilines is 1. The van der Waals surface area contributed by atoms with Crippen LogP contribution in [0.4, 0.5) is 18.9 Å². The molecule has 0 aromatic heterocycles. The van der Waals surface area contributed by atoms with Gasteiger partial charge in [0.15, 0.2) is 0 Å². The number of benzene rings is 2. The zero-order valence-electron chi connectivity index (χ0n) is 11.0. The number of aliphatic hydroxyl groups excluding tert-OH is 1. The Morgan fingerprint density at radius 3 is 2.43 bits per heavy atom. The van der Waals surface area contributed by atoms with Crippen LogP contribution in [0.2, 0.25) is 0 Å². The number of rotatable bonds is 4. The number of halogens is 3. The predicted octanol–water partition coefficient (Wildman–Crippen LogP) is 3.36. The van der Waals surface area contributed by atoms with Crippen molar-refractivity contribution in [2.24, 2.45) is 0 Å². The SMILES string of the molecule is Nc1ccc(COc2ccccc2CO)c(C(F)(F)F)c1. The predicted molar refractivity (Wildman–Crippen MR) is 72.6 cm³/mol. The van der Waals surface area contributed by atoms with Crippen molar-refractivity contribution in [3.05, 3.63) is 59.2 Å². The maximum atomic E-state index is 12.9. The highest BCUT2D eigenvalue weighted by Crippen LogP contribution is 2.34. The van der Waals surface area contributed by atoms with Crippen molar-refractivity contribution in [2.45, 2.75) is 19.4 Å². The first-order valence-corrected chi connectivity index (χ1v) is 6.19. The molecule has 2 rings (SSSR count). The minimum Gasteiger partial charge on any atom is -0.489 e. The van der Waals surface area contributed by atoms with E-state index in [1.54, 1.807) is 24.3 Å². The van der Waals surface area contributed by atoms with E-state index in [4.69, 9.17) is 15.6 Å². The second-order valence-corrected chi connectivity index (χ2v) is 4.47. The van der Waals surface area contributed by atoms with Gasteiger partial charge in [0.1, 0.15) is 12.4 Å². The molecule has 0 unspecified atom stereocenters. The van der Waals surface area contributed by atoms with Crippen molar-refractivity contribution in [1.82, 2.24) is 0 Å². The molecule has 2 aromatic rings. The Bertz CT molecular complexity index is 627. The topological polar surface area (TPSA) is 55.5 Å². The zero-order valence-corrected chi connectivity index (χ0v) is 11.0. The summed E-state index contributed by atoms with van der Waals surface area (Å²) < 4.78 is 44.2. The minimum atomic E-state index is -4.50. The van der Waals surface area contributed by atoms with Crippen LogP contribution in [0.5, 0.6) is 5.75 Å². The second kappa shape index (κ2) is 6.05. The van der Waals surface area contributed by atoms with Crippen LogP contribution >= 0.6 is 0 Å². The van der Waals surface area contributed by atoms with E-state index in [0.29, 0.717) is 11.3 Å². The number of aliphatic hydroxyl groups is 1. The lowest BCUT2D eigenvalue weighted by atomic mass is 10.1. The van der Waals surface area contributed by atoms with Gasteiger partial charge in [-0.3, -0.25) is 0 Å². The molecule has 0 spiro atoms. The molecule has 0 fully saturated rings. The molecule has 112 valence electrons. The second-order valence-electron chi connectivity index (χ2n) is 4.47. The third-order valence-electron chi connectivity index (χ3n) is 2.97. The van der Waals surface area contributed by atoms with E-state index in [2.05, 4.69) is 0 Å². The first kappa shape index (κ1) is 15.2. The van der Waals surface area contributed by atoms with Crippen molar-refractivity contribution in [3.8, 4) is 5.75 Å². The standard InChI is InChI=1S/C15H14F3NO2/c16-15(17,18)13-7-12(19)6-5-11(13)9-21-14-4-2-1-3-10(14)8-20/h1-7,20H,8-9,19H2. The van der Waals surface area contributed by atoms with E-state index in [1.807, 2.05) is 0 Å². The molecule has 0 heterocycles. The van der Waals surface area contributed by atoms with Gasteiger partial charge in [-0.05, 0) is 18.2 Å². The molecule has 0 saturated carbocycles. The molecule has 0 aliphatic heterocycles. The van der Waals surface area contributed by atoms with Crippen LogP contribution in [0.15, 0.2) is 42.5 Å². The maximum Gasteiger partial charge on any atom is 0.416 e. The molecule has 6 heteroatoms. The average Bonchev–Trinajstić information content (AvgIpc) is 2.45. The van der Waals surface area contributed by atoms with E-state index in [9.17, 15) is 13.2 Å². The number of alkyl halides is 3. The molecule has 2 aromatic carbocycles. The summed E-state index contributed by atoms with van der Waals surface area (Å²) in [6.07, 6.45) is -4.50. The molecular formula is C15H14F3NO2.